The fourth-order valence-electron chi connectivity index (χ4n) is 6.04. The number of piperazine rings is 1. The van der Waals surface area contributed by atoms with E-state index < -0.39 is 17.7 Å². The van der Waals surface area contributed by atoms with Gasteiger partial charge in [-0.2, -0.15) is 0 Å². The molecule has 2 aliphatic heterocycles. The van der Waals surface area contributed by atoms with Crippen LogP contribution in [0, 0.1) is 0 Å². The summed E-state index contributed by atoms with van der Waals surface area (Å²) in [5, 5.41) is 5.82. The van der Waals surface area contributed by atoms with Gasteiger partial charge in [0.05, 0.1) is 0 Å². The third kappa shape index (κ3) is 7.42. The molecule has 0 saturated carbocycles. The van der Waals surface area contributed by atoms with Crippen LogP contribution in [0.5, 0.6) is 0 Å². The van der Waals surface area contributed by atoms with Crippen LogP contribution in [0.1, 0.15) is 63.5 Å². The summed E-state index contributed by atoms with van der Waals surface area (Å²) in [6, 6.07) is 19.4. The Morgan fingerprint density at radius 3 is 2.35 bits per heavy atom. The van der Waals surface area contributed by atoms with Crippen LogP contribution in [0.3, 0.4) is 0 Å². The first kappa shape index (κ1) is 29.6. The van der Waals surface area contributed by atoms with Crippen molar-refractivity contribution < 1.29 is 19.1 Å². The van der Waals surface area contributed by atoms with E-state index in [1.165, 1.54) is 5.56 Å². The third-order valence-corrected chi connectivity index (χ3v) is 8.27. The predicted molar refractivity (Wildman–Crippen MR) is 156 cm³/mol. The van der Waals surface area contributed by atoms with Crippen LogP contribution in [-0.2, 0) is 27.4 Å². The molecule has 1 unspecified atom stereocenters. The Balaban J connectivity index is 1.29. The molecule has 216 valence electrons. The maximum Gasteiger partial charge on any atom is 0.407 e. The number of carbonyl (C=O) groups excluding carboxylic acids is 3. The molecule has 2 heterocycles. The minimum atomic E-state index is -0.787. The third-order valence-electron chi connectivity index (χ3n) is 8.27. The van der Waals surface area contributed by atoms with Crippen molar-refractivity contribution in [3.63, 3.8) is 0 Å². The van der Waals surface area contributed by atoms with E-state index in [-0.39, 0.29) is 24.5 Å². The number of rotatable bonds is 12. The number of hydrogen-bond acceptors (Lipinski definition) is 5. The molecular formula is C32H44N4O4. The first-order chi connectivity index (χ1) is 19.4. The summed E-state index contributed by atoms with van der Waals surface area (Å²) >= 11 is 0. The van der Waals surface area contributed by atoms with Gasteiger partial charge in [0, 0.05) is 32.2 Å². The monoisotopic (exact) mass is 548 g/mol. The number of likely N-dealkylation sites (tertiary alicyclic amines) is 1. The molecule has 2 N–H and O–H groups in total. The summed E-state index contributed by atoms with van der Waals surface area (Å²) in [4.78, 5) is 43.9. The zero-order chi connectivity index (χ0) is 28.4. The average Bonchev–Trinajstić information content (AvgIpc) is 2.97. The molecule has 2 aromatic rings. The Labute approximate surface area is 238 Å². The molecule has 2 fully saturated rings. The van der Waals surface area contributed by atoms with Gasteiger partial charge in [-0.05, 0) is 56.6 Å². The topological polar surface area (TPSA) is 91.0 Å². The molecular weight excluding hydrogens is 504 g/mol. The number of alkyl carbamates (subject to hydrolysis) is 1. The van der Waals surface area contributed by atoms with Crippen LogP contribution in [0.25, 0.3) is 0 Å². The fraction of sp³-hybridized carbons (Fsp3) is 0.531. The minimum Gasteiger partial charge on any atom is -0.445 e. The molecule has 0 radical (unpaired) electrons. The predicted octanol–water partition coefficient (Wildman–Crippen LogP) is 4.29. The van der Waals surface area contributed by atoms with Gasteiger partial charge in [0.25, 0.3) is 0 Å². The van der Waals surface area contributed by atoms with Crippen LogP contribution in [0.2, 0.25) is 0 Å². The molecule has 4 rings (SSSR count). The molecule has 2 aromatic carbocycles. The van der Waals surface area contributed by atoms with Crippen molar-refractivity contribution in [3.8, 4) is 0 Å². The zero-order valence-electron chi connectivity index (χ0n) is 23.9. The molecule has 8 nitrogen and oxygen atoms in total. The van der Waals surface area contributed by atoms with E-state index in [2.05, 4.69) is 53.6 Å². The Morgan fingerprint density at radius 2 is 1.70 bits per heavy atom. The molecule has 40 heavy (non-hydrogen) atoms. The minimum absolute atomic E-state index is 0.00457. The highest BCUT2D eigenvalue weighted by Crippen LogP contribution is 2.36. The Morgan fingerprint density at radius 1 is 1.05 bits per heavy atom. The van der Waals surface area contributed by atoms with E-state index in [1.54, 1.807) is 0 Å². The lowest BCUT2D eigenvalue weighted by Crippen LogP contribution is -2.74. The molecule has 0 aliphatic carbocycles. The number of ether oxygens (including phenoxy) is 1. The smallest absolute Gasteiger partial charge is 0.407 e. The van der Waals surface area contributed by atoms with E-state index >= 15 is 0 Å². The van der Waals surface area contributed by atoms with Crippen molar-refractivity contribution >= 4 is 17.9 Å². The van der Waals surface area contributed by atoms with Crippen molar-refractivity contribution in [3.05, 3.63) is 71.8 Å². The standard InChI is InChI=1S/C32H44N4O4/c1-3-11-25(2)36-29(37)28(16-10-20-33-31(39)40-24-27-14-8-5-9-15-27)34-30(38)32(36)18-22-35(23-19-32)21-17-26-12-6-4-7-13-26/h4-9,12-15,25,28H,3,10-11,16-24H2,1-2H3,(H,33,39)(H,34,38)/t25?,28-/m0/s1. The lowest BCUT2D eigenvalue weighted by Gasteiger charge is -2.54. The first-order valence-corrected chi connectivity index (χ1v) is 14.8. The maximum atomic E-state index is 13.8. The summed E-state index contributed by atoms with van der Waals surface area (Å²) in [7, 11) is 0. The van der Waals surface area contributed by atoms with Crippen molar-refractivity contribution in [1.29, 1.82) is 0 Å². The molecule has 0 aromatic heterocycles. The summed E-state index contributed by atoms with van der Waals surface area (Å²) < 4.78 is 5.26. The molecule has 1 spiro atoms. The quantitative estimate of drug-likeness (QED) is 0.386. The zero-order valence-corrected chi connectivity index (χ0v) is 23.9. The lowest BCUT2D eigenvalue weighted by atomic mass is 9.80. The van der Waals surface area contributed by atoms with Gasteiger partial charge in [-0.25, -0.2) is 4.79 Å². The van der Waals surface area contributed by atoms with Crippen molar-refractivity contribution in [1.82, 2.24) is 20.4 Å². The summed E-state index contributed by atoms with van der Waals surface area (Å²) in [6.07, 6.45) is 4.63. The summed E-state index contributed by atoms with van der Waals surface area (Å²) in [6.45, 7) is 7.31. The van der Waals surface area contributed by atoms with Gasteiger partial charge < -0.3 is 25.2 Å². The molecule has 0 bridgehead atoms. The number of nitrogens with one attached hydrogen (secondary N) is 2. The van der Waals surface area contributed by atoms with Crippen LogP contribution in [0.15, 0.2) is 60.7 Å². The van der Waals surface area contributed by atoms with E-state index in [0.717, 1.165) is 44.5 Å². The highest BCUT2D eigenvalue weighted by molar-refractivity contribution is 6.00. The Hall–Kier alpha value is -3.39. The highest BCUT2D eigenvalue weighted by atomic mass is 16.5. The Kier molecular flexibility index (Phi) is 10.6. The second-order valence-electron chi connectivity index (χ2n) is 11.1. The number of carbonyl (C=O) groups is 3. The van der Waals surface area contributed by atoms with Crippen LogP contribution in [0.4, 0.5) is 4.79 Å². The summed E-state index contributed by atoms with van der Waals surface area (Å²) in [5.74, 6) is -0.0251. The Bertz CT molecular complexity index is 1100. The van der Waals surface area contributed by atoms with E-state index in [4.69, 9.17) is 4.74 Å². The normalized spacial score (nSPS) is 19.8. The second-order valence-corrected chi connectivity index (χ2v) is 11.1. The van der Waals surface area contributed by atoms with Gasteiger partial charge in [0.2, 0.25) is 11.8 Å². The number of piperidine rings is 1. The second kappa shape index (κ2) is 14.3. The van der Waals surface area contributed by atoms with Gasteiger partial charge in [0.1, 0.15) is 18.2 Å². The number of nitrogens with zero attached hydrogens (tertiary/aromatic N) is 2. The summed E-state index contributed by atoms with van der Waals surface area (Å²) in [5.41, 5.74) is 1.45. The molecule has 2 atom stereocenters. The van der Waals surface area contributed by atoms with E-state index in [0.29, 0.717) is 32.2 Å². The van der Waals surface area contributed by atoms with Crippen LogP contribution >= 0.6 is 0 Å². The number of hydrogen-bond donors (Lipinski definition) is 2. The van der Waals surface area contributed by atoms with Crippen molar-refractivity contribution in [2.75, 3.05) is 26.2 Å². The number of amides is 3. The van der Waals surface area contributed by atoms with Crippen molar-refractivity contribution in [2.24, 2.45) is 0 Å². The average molecular weight is 549 g/mol. The van der Waals surface area contributed by atoms with E-state index in [1.807, 2.05) is 41.3 Å². The van der Waals surface area contributed by atoms with E-state index in [9.17, 15) is 14.4 Å². The highest BCUT2D eigenvalue weighted by Gasteiger charge is 2.54. The van der Waals surface area contributed by atoms with Gasteiger partial charge >= 0.3 is 6.09 Å². The van der Waals surface area contributed by atoms with Gasteiger partial charge in [-0.1, -0.05) is 74.0 Å². The van der Waals surface area contributed by atoms with Crippen molar-refractivity contribution in [2.45, 2.75) is 83.0 Å². The first-order valence-electron chi connectivity index (χ1n) is 14.8. The number of benzene rings is 2. The largest absolute Gasteiger partial charge is 0.445 e. The van der Waals surface area contributed by atoms with Crippen LogP contribution < -0.4 is 10.6 Å². The molecule has 2 aliphatic rings. The van der Waals surface area contributed by atoms with Gasteiger partial charge in [0.15, 0.2) is 0 Å². The SMILES string of the molecule is CCCC(C)N1C(=O)[C@H](CCCNC(=O)OCc2ccccc2)NC(=O)C12CCN(CCc1ccccc1)CC2. The molecule has 8 heteroatoms. The molecule has 2 saturated heterocycles. The lowest BCUT2D eigenvalue weighted by molar-refractivity contribution is -0.165. The maximum absolute atomic E-state index is 13.8. The molecule has 3 amide bonds. The van der Waals surface area contributed by atoms with Gasteiger partial charge in [-0.3, -0.25) is 9.59 Å². The fourth-order valence-corrected chi connectivity index (χ4v) is 6.04. The van der Waals surface area contributed by atoms with Gasteiger partial charge in [-0.15, -0.1) is 0 Å². The van der Waals surface area contributed by atoms with Crippen LogP contribution in [-0.4, -0.2) is 71.5 Å².